The van der Waals surface area contributed by atoms with E-state index in [1.165, 1.54) is 82.0 Å². The first-order valence-corrected chi connectivity index (χ1v) is 20.7. The lowest BCUT2D eigenvalue weighted by Gasteiger charge is -2.48. The molecule has 9 rings (SSSR count). The van der Waals surface area contributed by atoms with E-state index < -0.39 is 10.0 Å². The second-order valence-electron chi connectivity index (χ2n) is 14.8. The molecule has 2 heteroatoms. The fraction of sp³-hybridized carbons (Fsp3) is 0.137. The highest BCUT2D eigenvalue weighted by Crippen LogP contribution is 2.77. The van der Waals surface area contributed by atoms with E-state index in [4.69, 9.17) is 0 Å². The molecule has 1 nitrogen and oxygen atoms in total. The maximum absolute atomic E-state index is 2.56. The first-order chi connectivity index (χ1) is 26.0. The summed E-state index contributed by atoms with van der Waals surface area (Å²) >= 11 is 0. The molecular weight excluding hydrogens is 659 g/mol. The second kappa shape index (κ2) is 13.8. The van der Waals surface area contributed by atoms with Crippen LogP contribution in [-0.2, 0) is 12.2 Å². The van der Waals surface area contributed by atoms with E-state index in [0.29, 0.717) is 0 Å². The molecule has 1 heterocycles. The van der Waals surface area contributed by atoms with Gasteiger partial charge in [0.05, 0.1) is 0 Å². The fourth-order valence-corrected chi connectivity index (χ4v) is 13.7. The number of para-hydroxylation sites is 1. The van der Waals surface area contributed by atoms with Crippen LogP contribution in [0.4, 0.5) is 11.4 Å². The highest BCUT2D eigenvalue weighted by atomic mass is 32.3. The van der Waals surface area contributed by atoms with Crippen LogP contribution < -0.4 is 4.90 Å². The van der Waals surface area contributed by atoms with Gasteiger partial charge in [0.1, 0.15) is 0 Å². The molecule has 0 saturated carbocycles. The van der Waals surface area contributed by atoms with Gasteiger partial charge in [-0.25, -0.2) is 0 Å². The Kier molecular flexibility index (Phi) is 8.64. The number of nitrogens with zero attached hydrogens (tertiary/aromatic N) is 1. The van der Waals surface area contributed by atoms with Crippen LogP contribution in [0.5, 0.6) is 0 Å². The van der Waals surface area contributed by atoms with Gasteiger partial charge in [-0.2, -0.15) is 10.0 Å². The molecule has 260 valence electrons. The van der Waals surface area contributed by atoms with Crippen LogP contribution in [0.15, 0.2) is 185 Å². The molecule has 0 radical (unpaired) electrons. The number of hydrogen-bond donors (Lipinski definition) is 0. The van der Waals surface area contributed by atoms with E-state index in [1.807, 2.05) is 0 Å². The molecular formula is C51H45NS. The molecule has 2 aliphatic rings. The summed E-state index contributed by atoms with van der Waals surface area (Å²) in [5.41, 5.74) is 15.0. The van der Waals surface area contributed by atoms with Gasteiger partial charge in [-0.05, 0) is 118 Å². The summed E-state index contributed by atoms with van der Waals surface area (Å²) in [6.07, 6.45) is 6.03. The summed E-state index contributed by atoms with van der Waals surface area (Å²) in [7, 11) is -1.76. The molecule has 0 aromatic heterocycles. The quantitative estimate of drug-likeness (QED) is 0.152. The topological polar surface area (TPSA) is 3.24 Å². The third-order valence-electron chi connectivity index (χ3n) is 11.2. The summed E-state index contributed by atoms with van der Waals surface area (Å²) in [5, 5.41) is 2.77. The third-order valence-corrected chi connectivity index (χ3v) is 15.6. The SMILES string of the molecule is CC(C)=Cc1c(CS(c2ccccc2)(c2ccccc2)C2C(C)=Cc3c2cccc3N2CCc3ccccc32)cccc1-c1cccc2ccccc12. The number of allylic oxidation sites excluding steroid dienone is 1. The zero-order valence-corrected chi connectivity index (χ0v) is 31.6. The fourth-order valence-electron chi connectivity index (χ4n) is 8.99. The van der Waals surface area contributed by atoms with Gasteiger partial charge in [0.15, 0.2) is 0 Å². The molecule has 1 atom stereocenters. The average Bonchev–Trinajstić information content (AvgIpc) is 3.78. The molecule has 1 unspecified atom stereocenters. The Hall–Kier alpha value is -5.57. The maximum atomic E-state index is 2.56. The lowest BCUT2D eigenvalue weighted by atomic mass is 9.91. The van der Waals surface area contributed by atoms with Crippen molar-refractivity contribution in [3.05, 3.63) is 203 Å². The van der Waals surface area contributed by atoms with Crippen molar-refractivity contribution in [1.82, 2.24) is 0 Å². The normalized spacial score (nSPS) is 15.2. The maximum Gasteiger partial charge on any atom is 0.0487 e. The monoisotopic (exact) mass is 703 g/mol. The van der Waals surface area contributed by atoms with Crippen molar-refractivity contribution in [2.24, 2.45) is 0 Å². The Morgan fingerprint density at radius 1 is 0.642 bits per heavy atom. The number of benzene rings is 7. The van der Waals surface area contributed by atoms with E-state index in [-0.39, 0.29) is 5.25 Å². The van der Waals surface area contributed by atoms with E-state index in [2.05, 4.69) is 202 Å². The minimum Gasteiger partial charge on any atom is -0.340 e. The molecule has 7 aromatic rings. The number of anilines is 2. The van der Waals surface area contributed by atoms with Crippen LogP contribution in [0.2, 0.25) is 0 Å². The number of fused-ring (bicyclic) bond motifs is 3. The van der Waals surface area contributed by atoms with Crippen molar-refractivity contribution in [2.45, 2.75) is 48.0 Å². The Morgan fingerprint density at radius 2 is 1.26 bits per heavy atom. The smallest absolute Gasteiger partial charge is 0.0487 e. The molecule has 1 aliphatic carbocycles. The summed E-state index contributed by atoms with van der Waals surface area (Å²) < 4.78 is 0. The van der Waals surface area contributed by atoms with E-state index in [0.717, 1.165) is 18.7 Å². The molecule has 7 aromatic carbocycles. The first kappa shape index (κ1) is 33.3. The van der Waals surface area contributed by atoms with Gasteiger partial charge in [0, 0.05) is 34.5 Å². The average molecular weight is 704 g/mol. The van der Waals surface area contributed by atoms with Crippen molar-refractivity contribution < 1.29 is 0 Å². The van der Waals surface area contributed by atoms with Crippen molar-refractivity contribution in [2.75, 3.05) is 11.4 Å². The standard InChI is InChI=1S/C51H45NS/c1-36(2)33-47-40(20-15-27-45(47)44-26-14-19-38-17-10-12-25-43(38)44)35-53(41-21-6-4-7-22-41,42-23-8-5-9-24-42)51-37(3)34-48-46(51)28-16-30-50(48)52-32-31-39-18-11-13-29-49(39)52/h4-30,33-34,51H,31-32,35H2,1-3H3. The first-order valence-electron chi connectivity index (χ1n) is 18.8. The Bertz CT molecular complexity index is 2480. The van der Waals surface area contributed by atoms with Crippen LogP contribution in [0.3, 0.4) is 0 Å². The Morgan fingerprint density at radius 3 is 2.04 bits per heavy atom. The summed E-state index contributed by atoms with van der Waals surface area (Å²) in [4.78, 5) is 5.41. The predicted octanol–water partition coefficient (Wildman–Crippen LogP) is 14.2. The van der Waals surface area contributed by atoms with Crippen molar-refractivity contribution in [3.63, 3.8) is 0 Å². The predicted molar refractivity (Wildman–Crippen MR) is 229 cm³/mol. The molecule has 0 N–H and O–H groups in total. The summed E-state index contributed by atoms with van der Waals surface area (Å²) in [6, 6.07) is 61.5. The van der Waals surface area contributed by atoms with Crippen molar-refractivity contribution in [3.8, 4) is 11.1 Å². The van der Waals surface area contributed by atoms with Crippen LogP contribution in [0.1, 0.15) is 53.8 Å². The Labute approximate surface area is 316 Å². The Balaban J connectivity index is 1.29. The van der Waals surface area contributed by atoms with Crippen molar-refractivity contribution in [1.29, 1.82) is 0 Å². The summed E-state index contributed by atoms with van der Waals surface area (Å²) in [6.45, 7) is 7.87. The molecule has 0 fully saturated rings. The number of rotatable bonds is 8. The van der Waals surface area contributed by atoms with Crippen molar-refractivity contribution >= 4 is 44.3 Å². The molecule has 0 amide bonds. The van der Waals surface area contributed by atoms with Gasteiger partial charge in [-0.15, -0.1) is 0 Å². The van der Waals surface area contributed by atoms with E-state index in [1.54, 1.807) is 0 Å². The van der Waals surface area contributed by atoms with E-state index in [9.17, 15) is 0 Å². The zero-order valence-electron chi connectivity index (χ0n) is 30.8. The molecule has 0 bridgehead atoms. The largest absolute Gasteiger partial charge is 0.340 e. The van der Waals surface area contributed by atoms with Gasteiger partial charge >= 0.3 is 0 Å². The van der Waals surface area contributed by atoms with Gasteiger partial charge in [-0.3, -0.25) is 0 Å². The molecule has 0 spiro atoms. The van der Waals surface area contributed by atoms with E-state index >= 15 is 0 Å². The van der Waals surface area contributed by atoms with Gasteiger partial charge < -0.3 is 4.90 Å². The summed E-state index contributed by atoms with van der Waals surface area (Å²) in [5.74, 6) is 0.921. The lowest BCUT2D eigenvalue weighted by molar-refractivity contribution is 0.994. The van der Waals surface area contributed by atoms with Crippen LogP contribution >= 0.6 is 10.0 Å². The minimum atomic E-state index is -1.76. The molecule has 0 saturated heterocycles. The highest BCUT2D eigenvalue weighted by Gasteiger charge is 2.43. The molecule has 53 heavy (non-hydrogen) atoms. The molecule has 1 aliphatic heterocycles. The van der Waals surface area contributed by atoms with Gasteiger partial charge in [0.2, 0.25) is 0 Å². The zero-order chi connectivity index (χ0) is 35.9. The minimum absolute atomic E-state index is 0.209. The van der Waals surface area contributed by atoms with Crippen LogP contribution in [0, 0.1) is 0 Å². The van der Waals surface area contributed by atoms with Crippen LogP contribution in [0.25, 0.3) is 34.1 Å². The highest BCUT2D eigenvalue weighted by molar-refractivity contribution is 8.33. The lowest BCUT2D eigenvalue weighted by Crippen LogP contribution is -2.17. The third kappa shape index (κ3) is 5.73. The van der Waals surface area contributed by atoms with Gasteiger partial charge in [0.25, 0.3) is 0 Å². The second-order valence-corrected chi connectivity index (χ2v) is 18.1. The van der Waals surface area contributed by atoms with Crippen LogP contribution in [-0.4, -0.2) is 6.54 Å². The van der Waals surface area contributed by atoms with Gasteiger partial charge in [-0.1, -0.05) is 151 Å². The number of hydrogen-bond acceptors (Lipinski definition) is 1.